The zero-order chi connectivity index (χ0) is 17.9. The van der Waals surface area contributed by atoms with Crippen LogP contribution in [0, 0.1) is 5.92 Å². The minimum Gasteiger partial charge on any atom is -0.370 e. The summed E-state index contributed by atoms with van der Waals surface area (Å²) < 4.78 is 27.5. The molecule has 1 fully saturated rings. The Hall–Kier alpha value is -2.08. The van der Waals surface area contributed by atoms with Crippen molar-refractivity contribution in [3.05, 3.63) is 48.2 Å². The molecular formula is C19H25N3O2S. The van der Waals surface area contributed by atoms with E-state index >= 15 is 0 Å². The van der Waals surface area contributed by atoms with Gasteiger partial charge in [0, 0.05) is 13.1 Å². The topological polar surface area (TPSA) is 62.3 Å². The molecule has 1 aromatic heterocycles. The van der Waals surface area contributed by atoms with Crippen LogP contribution in [0.5, 0.6) is 0 Å². The van der Waals surface area contributed by atoms with Crippen LogP contribution in [0.1, 0.15) is 32.3 Å². The maximum absolute atomic E-state index is 12.5. The molecule has 1 aromatic carbocycles. The van der Waals surface area contributed by atoms with Gasteiger partial charge >= 0.3 is 0 Å². The number of nitrogens with zero attached hydrogens (tertiary/aromatic N) is 2. The zero-order valence-electron chi connectivity index (χ0n) is 14.8. The van der Waals surface area contributed by atoms with Crippen LogP contribution in [0.2, 0.25) is 0 Å². The number of aromatic nitrogens is 1. The summed E-state index contributed by atoms with van der Waals surface area (Å²) in [6, 6.07) is 10.6. The Labute approximate surface area is 150 Å². The van der Waals surface area contributed by atoms with Gasteiger partial charge in [0.05, 0.1) is 16.8 Å². The molecule has 1 aliphatic heterocycles. The Morgan fingerprint density at radius 3 is 2.56 bits per heavy atom. The Balaban J connectivity index is 1.71. The van der Waals surface area contributed by atoms with Gasteiger partial charge < -0.3 is 4.90 Å². The highest BCUT2D eigenvalue weighted by Crippen LogP contribution is 2.23. The van der Waals surface area contributed by atoms with Crippen molar-refractivity contribution < 1.29 is 8.42 Å². The molecule has 2 aromatic rings. The monoisotopic (exact) mass is 359 g/mol. The highest BCUT2D eigenvalue weighted by atomic mass is 32.2. The van der Waals surface area contributed by atoms with Gasteiger partial charge in [-0.15, -0.1) is 0 Å². The molecule has 0 radical (unpaired) electrons. The molecule has 1 unspecified atom stereocenters. The SMILES string of the molecule is CCc1ccc(S(=O)(=O)Nc2ccc(N3CCCC(C)C3)cn2)cc1. The zero-order valence-corrected chi connectivity index (χ0v) is 15.6. The Morgan fingerprint density at radius 2 is 1.96 bits per heavy atom. The predicted octanol–water partition coefficient (Wildman–Crippen LogP) is 3.68. The molecule has 1 saturated heterocycles. The van der Waals surface area contributed by atoms with E-state index in [4.69, 9.17) is 0 Å². The van der Waals surface area contributed by atoms with Crippen molar-refractivity contribution in [2.45, 2.75) is 38.0 Å². The van der Waals surface area contributed by atoms with Crippen LogP contribution in [0.15, 0.2) is 47.5 Å². The highest BCUT2D eigenvalue weighted by molar-refractivity contribution is 7.92. The highest BCUT2D eigenvalue weighted by Gasteiger charge is 2.18. The molecule has 0 saturated carbocycles. The van der Waals surface area contributed by atoms with E-state index in [1.54, 1.807) is 24.4 Å². The summed E-state index contributed by atoms with van der Waals surface area (Å²) in [6.45, 7) is 6.35. The number of anilines is 2. The first kappa shape index (κ1) is 17.7. The maximum atomic E-state index is 12.5. The Kier molecular flexibility index (Phi) is 5.27. The number of hydrogen-bond acceptors (Lipinski definition) is 4. The van der Waals surface area contributed by atoms with Crippen LogP contribution in [0.25, 0.3) is 0 Å². The van der Waals surface area contributed by atoms with Crippen LogP contribution < -0.4 is 9.62 Å². The van der Waals surface area contributed by atoms with Gasteiger partial charge in [0.1, 0.15) is 5.82 Å². The lowest BCUT2D eigenvalue weighted by atomic mass is 10.00. The van der Waals surface area contributed by atoms with Gasteiger partial charge in [-0.1, -0.05) is 26.0 Å². The second-order valence-electron chi connectivity index (χ2n) is 6.70. The van der Waals surface area contributed by atoms with E-state index in [0.717, 1.165) is 30.8 Å². The minimum absolute atomic E-state index is 0.250. The Bertz CT molecular complexity index is 802. The van der Waals surface area contributed by atoms with Crippen molar-refractivity contribution in [3.63, 3.8) is 0 Å². The number of piperidine rings is 1. The van der Waals surface area contributed by atoms with Crippen molar-refractivity contribution in [2.24, 2.45) is 5.92 Å². The molecule has 0 bridgehead atoms. The average molecular weight is 359 g/mol. The molecule has 25 heavy (non-hydrogen) atoms. The predicted molar refractivity (Wildman–Crippen MR) is 101 cm³/mol. The molecule has 1 atom stereocenters. The summed E-state index contributed by atoms with van der Waals surface area (Å²) in [5.41, 5.74) is 2.15. The quantitative estimate of drug-likeness (QED) is 0.884. The molecule has 6 heteroatoms. The molecule has 0 aliphatic carbocycles. The summed E-state index contributed by atoms with van der Waals surface area (Å²) in [5.74, 6) is 1.02. The van der Waals surface area contributed by atoms with E-state index in [9.17, 15) is 8.42 Å². The molecular weight excluding hydrogens is 334 g/mol. The van der Waals surface area contributed by atoms with Crippen LogP contribution >= 0.6 is 0 Å². The summed E-state index contributed by atoms with van der Waals surface area (Å²) >= 11 is 0. The molecule has 3 rings (SSSR count). The lowest BCUT2D eigenvalue weighted by Crippen LogP contribution is -2.34. The van der Waals surface area contributed by atoms with Crippen molar-refractivity contribution in [3.8, 4) is 0 Å². The molecule has 1 aliphatic rings. The first-order valence-corrected chi connectivity index (χ1v) is 10.3. The van der Waals surface area contributed by atoms with E-state index in [2.05, 4.69) is 21.5 Å². The van der Waals surface area contributed by atoms with Crippen molar-refractivity contribution in [1.82, 2.24) is 4.98 Å². The van der Waals surface area contributed by atoms with E-state index in [1.807, 2.05) is 25.1 Å². The van der Waals surface area contributed by atoms with Gasteiger partial charge in [0.25, 0.3) is 10.0 Å². The van der Waals surface area contributed by atoms with Crippen LogP contribution in [0.4, 0.5) is 11.5 Å². The second kappa shape index (κ2) is 7.44. The van der Waals surface area contributed by atoms with E-state index in [1.165, 1.54) is 12.8 Å². The minimum atomic E-state index is -3.61. The van der Waals surface area contributed by atoms with Crippen LogP contribution in [-0.2, 0) is 16.4 Å². The smallest absolute Gasteiger partial charge is 0.263 e. The van der Waals surface area contributed by atoms with Gasteiger partial charge in [-0.05, 0) is 55.0 Å². The number of pyridine rings is 1. The third-order valence-electron chi connectivity index (χ3n) is 4.65. The summed E-state index contributed by atoms with van der Waals surface area (Å²) in [5, 5.41) is 0. The van der Waals surface area contributed by atoms with Gasteiger partial charge in [-0.25, -0.2) is 13.4 Å². The van der Waals surface area contributed by atoms with Crippen molar-refractivity contribution in [1.29, 1.82) is 0 Å². The third kappa shape index (κ3) is 4.31. The van der Waals surface area contributed by atoms with Crippen LogP contribution in [0.3, 0.4) is 0 Å². The summed E-state index contributed by atoms with van der Waals surface area (Å²) in [7, 11) is -3.61. The van der Waals surface area contributed by atoms with Crippen LogP contribution in [-0.4, -0.2) is 26.5 Å². The number of rotatable bonds is 5. The number of sulfonamides is 1. The molecule has 134 valence electrons. The second-order valence-corrected chi connectivity index (χ2v) is 8.38. The lowest BCUT2D eigenvalue weighted by Gasteiger charge is -2.32. The lowest BCUT2D eigenvalue weighted by molar-refractivity contribution is 0.446. The van der Waals surface area contributed by atoms with Gasteiger partial charge in [0.15, 0.2) is 0 Å². The summed E-state index contributed by atoms with van der Waals surface area (Å²) in [6.07, 6.45) is 5.07. The number of aryl methyl sites for hydroxylation is 1. The molecule has 0 spiro atoms. The van der Waals surface area contributed by atoms with E-state index in [-0.39, 0.29) is 4.90 Å². The average Bonchev–Trinajstić information content (AvgIpc) is 2.62. The Morgan fingerprint density at radius 1 is 1.20 bits per heavy atom. The third-order valence-corrected chi connectivity index (χ3v) is 6.02. The van der Waals surface area contributed by atoms with Gasteiger partial charge in [-0.3, -0.25) is 4.72 Å². The molecule has 5 nitrogen and oxygen atoms in total. The molecule has 1 N–H and O–H groups in total. The fourth-order valence-electron chi connectivity index (χ4n) is 3.16. The number of nitrogens with one attached hydrogen (secondary N) is 1. The largest absolute Gasteiger partial charge is 0.370 e. The van der Waals surface area contributed by atoms with E-state index < -0.39 is 10.0 Å². The van der Waals surface area contributed by atoms with Gasteiger partial charge in [0.2, 0.25) is 0 Å². The normalized spacial score (nSPS) is 18.2. The summed E-state index contributed by atoms with van der Waals surface area (Å²) in [4.78, 5) is 6.85. The van der Waals surface area contributed by atoms with Gasteiger partial charge in [-0.2, -0.15) is 0 Å². The standard InChI is InChI=1S/C19H25N3O2S/c1-3-16-6-9-18(10-7-16)25(23,24)21-19-11-8-17(13-20-19)22-12-4-5-15(2)14-22/h6-11,13,15H,3-5,12,14H2,1-2H3,(H,20,21). The maximum Gasteiger partial charge on any atom is 0.263 e. The number of benzene rings is 1. The molecule has 0 amide bonds. The first-order valence-electron chi connectivity index (χ1n) is 8.80. The van der Waals surface area contributed by atoms with Crippen molar-refractivity contribution in [2.75, 3.05) is 22.7 Å². The fraction of sp³-hybridized carbons (Fsp3) is 0.421. The molecule has 2 heterocycles. The first-order chi connectivity index (χ1) is 12.0. The number of hydrogen-bond donors (Lipinski definition) is 1. The fourth-order valence-corrected chi connectivity index (χ4v) is 4.17. The van der Waals surface area contributed by atoms with Crippen molar-refractivity contribution >= 4 is 21.5 Å². The van der Waals surface area contributed by atoms with E-state index in [0.29, 0.717) is 11.7 Å².